The Hall–Kier alpha value is -3.10. The number of furan rings is 1. The molecule has 31 heavy (non-hydrogen) atoms. The Bertz CT molecular complexity index is 1040. The number of amides is 1. The fourth-order valence-electron chi connectivity index (χ4n) is 3.98. The molecule has 4 rings (SSSR count). The van der Waals surface area contributed by atoms with Gasteiger partial charge in [0.25, 0.3) is 5.91 Å². The Morgan fingerprint density at radius 2 is 2.10 bits per heavy atom. The standard InChI is InChI=1S/C23H27N3O5/c1-4-15(17-9-8-13(2)31-17)24-19-20(22(28)21(19)27)25-16-7-5-6-14-12-26(10-11-30-3)23(29)18(14)16/h5-9,15,21,24-25,27H,4,10-12H2,1-3H3/t15-,21?/m1/s1. The normalized spacial score (nSPS) is 18.8. The zero-order chi connectivity index (χ0) is 22.1. The molecular weight excluding hydrogens is 398 g/mol. The summed E-state index contributed by atoms with van der Waals surface area (Å²) in [6.45, 7) is 5.32. The third-order valence-corrected chi connectivity index (χ3v) is 5.72. The minimum atomic E-state index is -1.22. The van der Waals surface area contributed by atoms with Gasteiger partial charge in [0, 0.05) is 20.2 Å². The van der Waals surface area contributed by atoms with Crippen molar-refractivity contribution in [1.82, 2.24) is 10.2 Å². The van der Waals surface area contributed by atoms with E-state index in [-0.39, 0.29) is 17.6 Å². The van der Waals surface area contributed by atoms with Crippen molar-refractivity contribution in [2.24, 2.45) is 0 Å². The number of methoxy groups -OCH3 is 1. The van der Waals surface area contributed by atoms with Crippen molar-refractivity contribution in [3.63, 3.8) is 0 Å². The van der Waals surface area contributed by atoms with Crippen molar-refractivity contribution in [2.75, 3.05) is 25.6 Å². The smallest absolute Gasteiger partial charge is 0.256 e. The molecule has 8 nitrogen and oxygen atoms in total. The van der Waals surface area contributed by atoms with Gasteiger partial charge in [0.1, 0.15) is 17.2 Å². The summed E-state index contributed by atoms with van der Waals surface area (Å²) >= 11 is 0. The van der Waals surface area contributed by atoms with Gasteiger partial charge in [-0.1, -0.05) is 19.1 Å². The molecule has 1 unspecified atom stereocenters. The van der Waals surface area contributed by atoms with Gasteiger partial charge in [-0.25, -0.2) is 0 Å². The number of aryl methyl sites for hydroxylation is 1. The van der Waals surface area contributed by atoms with Crippen LogP contribution >= 0.6 is 0 Å². The Balaban J connectivity index is 1.59. The van der Waals surface area contributed by atoms with Crippen LogP contribution in [-0.4, -0.2) is 48.1 Å². The molecule has 3 N–H and O–H groups in total. The molecule has 0 saturated carbocycles. The molecule has 8 heteroatoms. The Labute approximate surface area is 180 Å². The SMILES string of the molecule is CC[C@@H](NC1=C(Nc2cccc3c2C(=O)N(CCOC)C3)C(=O)C1O)c1ccc(C)o1. The summed E-state index contributed by atoms with van der Waals surface area (Å²) in [7, 11) is 1.60. The topological polar surface area (TPSA) is 104 Å². The van der Waals surface area contributed by atoms with E-state index >= 15 is 0 Å². The molecule has 2 heterocycles. The number of carbonyl (C=O) groups is 2. The maximum absolute atomic E-state index is 12.9. The molecule has 1 aromatic heterocycles. The van der Waals surface area contributed by atoms with Gasteiger partial charge in [-0.15, -0.1) is 0 Å². The number of anilines is 1. The second-order valence-corrected chi connectivity index (χ2v) is 7.79. The average Bonchev–Trinajstić information content (AvgIpc) is 3.35. The van der Waals surface area contributed by atoms with Crippen molar-refractivity contribution in [2.45, 2.75) is 39.0 Å². The number of hydrogen-bond acceptors (Lipinski definition) is 7. The summed E-state index contributed by atoms with van der Waals surface area (Å²) in [5, 5.41) is 16.6. The zero-order valence-electron chi connectivity index (χ0n) is 17.9. The van der Waals surface area contributed by atoms with Crippen molar-refractivity contribution in [1.29, 1.82) is 0 Å². The number of carbonyl (C=O) groups excluding carboxylic acids is 2. The molecule has 0 saturated heterocycles. The molecule has 2 atom stereocenters. The number of rotatable bonds is 9. The predicted octanol–water partition coefficient (Wildman–Crippen LogP) is 2.50. The molecule has 0 spiro atoms. The van der Waals surface area contributed by atoms with Crippen molar-refractivity contribution in [3.8, 4) is 0 Å². The lowest BCUT2D eigenvalue weighted by Crippen LogP contribution is -2.46. The van der Waals surface area contributed by atoms with E-state index in [1.54, 1.807) is 18.1 Å². The first-order valence-electron chi connectivity index (χ1n) is 10.4. The first-order chi connectivity index (χ1) is 14.9. The van der Waals surface area contributed by atoms with Crippen LogP contribution in [0.3, 0.4) is 0 Å². The van der Waals surface area contributed by atoms with E-state index in [4.69, 9.17) is 9.15 Å². The number of benzene rings is 1. The van der Waals surface area contributed by atoms with E-state index in [0.29, 0.717) is 43.1 Å². The maximum Gasteiger partial charge on any atom is 0.256 e. The molecule has 2 aromatic rings. The molecule has 0 bridgehead atoms. The van der Waals surface area contributed by atoms with E-state index in [0.717, 1.165) is 17.1 Å². The van der Waals surface area contributed by atoms with Crippen LogP contribution in [0.5, 0.6) is 0 Å². The molecule has 1 amide bonds. The lowest BCUT2D eigenvalue weighted by Gasteiger charge is -2.32. The largest absolute Gasteiger partial charge is 0.464 e. The second-order valence-electron chi connectivity index (χ2n) is 7.79. The van der Waals surface area contributed by atoms with Crippen LogP contribution in [0.2, 0.25) is 0 Å². The number of aliphatic hydroxyl groups excluding tert-OH is 1. The van der Waals surface area contributed by atoms with Gasteiger partial charge >= 0.3 is 0 Å². The number of aliphatic hydroxyl groups is 1. The number of nitrogens with zero attached hydrogens (tertiary/aromatic N) is 1. The highest BCUT2D eigenvalue weighted by Gasteiger charge is 2.40. The molecule has 0 radical (unpaired) electrons. The van der Waals surface area contributed by atoms with Gasteiger partial charge in [-0.3, -0.25) is 9.59 Å². The molecule has 1 aliphatic heterocycles. The van der Waals surface area contributed by atoms with Gasteiger partial charge in [-0.05, 0) is 37.1 Å². The van der Waals surface area contributed by atoms with Crippen LogP contribution in [-0.2, 0) is 16.1 Å². The van der Waals surface area contributed by atoms with Crippen LogP contribution in [0.15, 0.2) is 46.1 Å². The molecule has 0 fully saturated rings. The zero-order valence-corrected chi connectivity index (χ0v) is 17.9. The first kappa shape index (κ1) is 21.1. The monoisotopic (exact) mass is 425 g/mol. The fourth-order valence-corrected chi connectivity index (χ4v) is 3.98. The number of ketones is 1. The minimum Gasteiger partial charge on any atom is -0.464 e. The summed E-state index contributed by atoms with van der Waals surface area (Å²) in [6, 6.07) is 9.10. The highest BCUT2D eigenvalue weighted by atomic mass is 16.5. The molecular formula is C23H27N3O5. The average molecular weight is 425 g/mol. The number of hydrogen-bond donors (Lipinski definition) is 3. The Kier molecular flexibility index (Phi) is 5.84. The number of ether oxygens (including phenoxy) is 1. The first-order valence-corrected chi connectivity index (χ1v) is 10.4. The van der Waals surface area contributed by atoms with Crippen LogP contribution in [0, 0.1) is 6.92 Å². The predicted molar refractivity (Wildman–Crippen MR) is 114 cm³/mol. The maximum atomic E-state index is 12.9. The number of fused-ring (bicyclic) bond motifs is 1. The third kappa shape index (κ3) is 3.84. The van der Waals surface area contributed by atoms with Crippen LogP contribution < -0.4 is 10.6 Å². The van der Waals surface area contributed by atoms with Gasteiger partial charge in [0.05, 0.1) is 29.6 Å². The van der Waals surface area contributed by atoms with Gasteiger partial charge in [0.15, 0.2) is 6.10 Å². The minimum absolute atomic E-state index is 0.102. The Morgan fingerprint density at radius 1 is 1.29 bits per heavy atom. The van der Waals surface area contributed by atoms with Crippen LogP contribution in [0.4, 0.5) is 5.69 Å². The number of Topliss-reactive ketones (excluding diaryl/α,β-unsaturated/α-hetero) is 1. The molecule has 2 aliphatic rings. The van der Waals surface area contributed by atoms with Crippen LogP contribution in [0.25, 0.3) is 0 Å². The molecule has 1 aliphatic carbocycles. The summed E-state index contributed by atoms with van der Waals surface area (Å²) in [5.41, 5.74) is 2.68. The van der Waals surface area contributed by atoms with Crippen LogP contribution in [0.1, 0.15) is 46.8 Å². The van der Waals surface area contributed by atoms with Gasteiger partial charge in [-0.2, -0.15) is 0 Å². The molecule has 164 valence electrons. The van der Waals surface area contributed by atoms with Gasteiger partial charge in [0.2, 0.25) is 5.78 Å². The lowest BCUT2D eigenvalue weighted by atomic mass is 9.93. The van der Waals surface area contributed by atoms with E-state index in [1.807, 2.05) is 38.1 Å². The van der Waals surface area contributed by atoms with E-state index in [2.05, 4.69) is 10.6 Å². The number of nitrogens with one attached hydrogen (secondary N) is 2. The van der Waals surface area contributed by atoms with E-state index in [9.17, 15) is 14.7 Å². The fraction of sp³-hybridized carbons (Fsp3) is 0.391. The molecule has 1 aromatic carbocycles. The highest BCUT2D eigenvalue weighted by Crippen LogP contribution is 2.34. The summed E-state index contributed by atoms with van der Waals surface area (Å²) in [5.74, 6) is 1.02. The van der Waals surface area contributed by atoms with Crippen molar-refractivity contribution >= 4 is 17.4 Å². The summed E-state index contributed by atoms with van der Waals surface area (Å²) < 4.78 is 10.8. The van der Waals surface area contributed by atoms with Gasteiger partial charge < -0.3 is 29.8 Å². The second kappa shape index (κ2) is 8.56. The Morgan fingerprint density at radius 3 is 2.77 bits per heavy atom. The van der Waals surface area contributed by atoms with Crippen molar-refractivity contribution in [3.05, 3.63) is 64.4 Å². The lowest BCUT2D eigenvalue weighted by molar-refractivity contribution is -0.124. The van der Waals surface area contributed by atoms with Crippen molar-refractivity contribution < 1.29 is 23.8 Å². The highest BCUT2D eigenvalue weighted by molar-refractivity contribution is 6.12. The summed E-state index contributed by atoms with van der Waals surface area (Å²) in [6.07, 6.45) is -0.517. The van der Waals surface area contributed by atoms with E-state index in [1.165, 1.54) is 0 Å². The quantitative estimate of drug-likeness (QED) is 0.567. The third-order valence-electron chi connectivity index (χ3n) is 5.72. The summed E-state index contributed by atoms with van der Waals surface area (Å²) in [4.78, 5) is 27.0. The van der Waals surface area contributed by atoms with E-state index < -0.39 is 11.9 Å².